The molecule has 0 radical (unpaired) electrons. The maximum Gasteiger partial charge on any atom is 0.278 e. The second-order valence-corrected chi connectivity index (χ2v) is 8.24. The van der Waals surface area contributed by atoms with Gasteiger partial charge in [0.2, 0.25) is 5.91 Å². The van der Waals surface area contributed by atoms with Crippen molar-refractivity contribution in [1.29, 1.82) is 0 Å². The Kier molecular flexibility index (Phi) is 6.06. The number of carbonyl (C=O) groups excluding carboxylic acids is 1. The number of rotatable bonds is 6. The topological polar surface area (TPSA) is 79.8 Å². The van der Waals surface area contributed by atoms with Gasteiger partial charge in [0.1, 0.15) is 5.52 Å². The monoisotopic (exact) mass is 448 g/mol. The summed E-state index contributed by atoms with van der Waals surface area (Å²) >= 11 is 4.66. The third-order valence-electron chi connectivity index (χ3n) is 4.26. The second-order valence-electron chi connectivity index (χ2n) is 6.39. The number of fused-ring (bicyclic) bond motifs is 1. The highest BCUT2D eigenvalue weighted by Gasteiger charge is 2.18. The molecule has 6 nitrogen and oxygen atoms in total. The van der Waals surface area contributed by atoms with Crippen molar-refractivity contribution in [3.8, 4) is 0 Å². The zero-order chi connectivity index (χ0) is 19.6. The maximum atomic E-state index is 12.9. The number of nitrogens with one attached hydrogen (secondary N) is 2. The molecule has 3 rings (SSSR count). The highest BCUT2D eigenvalue weighted by atomic mass is 79.9. The van der Waals surface area contributed by atoms with Crippen LogP contribution in [-0.2, 0) is 4.79 Å². The van der Waals surface area contributed by atoms with Crippen LogP contribution in [0.5, 0.6) is 0 Å². The molecule has 2 N–H and O–H groups in total. The smallest absolute Gasteiger partial charge is 0.278 e. The summed E-state index contributed by atoms with van der Waals surface area (Å²) in [5, 5.41) is 3.42. The van der Waals surface area contributed by atoms with Crippen LogP contribution in [0.3, 0.4) is 0 Å². The standard InChI is InChI=1S/C19H21BrN4O2S/c1-4-12(3)24-18(26)17-15(8-11(2)21-17)23-19(24)27-10-16(25)22-14-7-5-6-13(20)9-14/h5-9,12,21H,4,10H2,1-3H3,(H,22,25)/t12-/m0/s1. The summed E-state index contributed by atoms with van der Waals surface area (Å²) in [6, 6.07) is 9.27. The molecule has 0 saturated heterocycles. The molecule has 0 unspecified atom stereocenters. The average Bonchev–Trinajstić information content (AvgIpc) is 3.00. The van der Waals surface area contributed by atoms with Crippen molar-refractivity contribution in [1.82, 2.24) is 14.5 Å². The van der Waals surface area contributed by atoms with E-state index in [0.717, 1.165) is 22.3 Å². The van der Waals surface area contributed by atoms with E-state index in [1.807, 2.05) is 51.1 Å². The number of thioether (sulfide) groups is 1. The third-order valence-corrected chi connectivity index (χ3v) is 5.70. The average molecular weight is 449 g/mol. The lowest BCUT2D eigenvalue weighted by molar-refractivity contribution is -0.113. The predicted molar refractivity (Wildman–Crippen MR) is 114 cm³/mol. The Morgan fingerprint density at radius 2 is 2.19 bits per heavy atom. The molecule has 1 aromatic carbocycles. The van der Waals surface area contributed by atoms with Gasteiger partial charge in [0.15, 0.2) is 5.16 Å². The summed E-state index contributed by atoms with van der Waals surface area (Å²) in [7, 11) is 0. The van der Waals surface area contributed by atoms with E-state index >= 15 is 0 Å². The maximum absolute atomic E-state index is 12.9. The molecule has 0 aliphatic carbocycles. The Bertz CT molecular complexity index is 1040. The molecule has 8 heteroatoms. The summed E-state index contributed by atoms with van der Waals surface area (Å²) in [6.07, 6.45) is 0.796. The molecule has 0 aliphatic heterocycles. The molecule has 1 atom stereocenters. The van der Waals surface area contributed by atoms with Gasteiger partial charge < -0.3 is 10.3 Å². The lowest BCUT2D eigenvalue weighted by Crippen LogP contribution is -2.26. The van der Waals surface area contributed by atoms with Crippen LogP contribution in [0.15, 0.2) is 44.8 Å². The Balaban J connectivity index is 1.85. The first-order valence-electron chi connectivity index (χ1n) is 8.69. The van der Waals surface area contributed by atoms with E-state index in [1.165, 1.54) is 11.8 Å². The highest BCUT2D eigenvalue weighted by Crippen LogP contribution is 2.23. The van der Waals surface area contributed by atoms with E-state index in [1.54, 1.807) is 4.57 Å². The molecular formula is C19H21BrN4O2S. The van der Waals surface area contributed by atoms with Crippen molar-refractivity contribution in [3.05, 3.63) is 50.9 Å². The molecule has 2 heterocycles. The van der Waals surface area contributed by atoms with Crippen LogP contribution >= 0.6 is 27.7 Å². The van der Waals surface area contributed by atoms with E-state index in [2.05, 4.69) is 31.2 Å². The fourth-order valence-electron chi connectivity index (χ4n) is 2.76. The first-order valence-corrected chi connectivity index (χ1v) is 10.5. The number of aromatic nitrogens is 3. The molecule has 3 aromatic rings. The van der Waals surface area contributed by atoms with Gasteiger partial charge in [0, 0.05) is 21.9 Å². The SMILES string of the molecule is CC[C@H](C)n1c(SCC(=O)Nc2cccc(Br)c2)nc2cc(C)[nH]c2c1=O. The van der Waals surface area contributed by atoms with Crippen molar-refractivity contribution in [2.75, 3.05) is 11.1 Å². The van der Waals surface area contributed by atoms with Gasteiger partial charge in [-0.05, 0) is 44.5 Å². The minimum absolute atomic E-state index is 0.00588. The van der Waals surface area contributed by atoms with Crippen molar-refractivity contribution in [3.63, 3.8) is 0 Å². The number of halogens is 1. The third kappa shape index (κ3) is 4.44. The summed E-state index contributed by atoms with van der Waals surface area (Å²) in [5.41, 5.74) is 2.65. The lowest BCUT2D eigenvalue weighted by Gasteiger charge is -2.17. The van der Waals surface area contributed by atoms with E-state index in [0.29, 0.717) is 16.2 Å². The van der Waals surface area contributed by atoms with Crippen molar-refractivity contribution in [2.24, 2.45) is 0 Å². The van der Waals surface area contributed by atoms with E-state index in [4.69, 9.17) is 0 Å². The number of anilines is 1. The largest absolute Gasteiger partial charge is 0.353 e. The van der Waals surface area contributed by atoms with Crippen LogP contribution < -0.4 is 10.9 Å². The van der Waals surface area contributed by atoms with Crippen molar-refractivity contribution >= 4 is 50.3 Å². The number of nitrogens with zero attached hydrogens (tertiary/aromatic N) is 2. The van der Waals surface area contributed by atoms with E-state index in [9.17, 15) is 9.59 Å². The minimum atomic E-state index is -0.145. The fourth-order valence-corrected chi connectivity index (χ4v) is 4.05. The zero-order valence-corrected chi connectivity index (χ0v) is 17.8. The minimum Gasteiger partial charge on any atom is -0.353 e. The summed E-state index contributed by atoms with van der Waals surface area (Å²) in [6.45, 7) is 5.90. The summed E-state index contributed by atoms with van der Waals surface area (Å²) in [5.74, 6) is 0.0259. The van der Waals surface area contributed by atoms with Gasteiger partial charge in [-0.3, -0.25) is 14.2 Å². The normalized spacial score (nSPS) is 12.3. The second kappa shape index (κ2) is 8.31. The van der Waals surface area contributed by atoms with Gasteiger partial charge in [-0.25, -0.2) is 4.98 Å². The lowest BCUT2D eigenvalue weighted by atomic mass is 10.2. The Morgan fingerprint density at radius 3 is 2.89 bits per heavy atom. The molecule has 142 valence electrons. The van der Waals surface area contributed by atoms with E-state index in [-0.39, 0.29) is 23.3 Å². The first kappa shape index (κ1) is 19.7. The Hall–Kier alpha value is -2.06. The molecular weight excluding hydrogens is 428 g/mol. The van der Waals surface area contributed by atoms with Crippen molar-refractivity contribution in [2.45, 2.75) is 38.4 Å². The molecule has 0 aliphatic rings. The van der Waals surface area contributed by atoms with Gasteiger partial charge in [-0.1, -0.05) is 40.7 Å². The van der Waals surface area contributed by atoms with Crippen LogP contribution in [0.1, 0.15) is 32.0 Å². The summed E-state index contributed by atoms with van der Waals surface area (Å²) < 4.78 is 2.57. The number of H-pyrrole nitrogens is 1. The predicted octanol–water partition coefficient (Wildman–Crippen LogP) is 4.50. The Labute approximate surface area is 169 Å². The molecule has 0 spiro atoms. The number of amides is 1. The first-order chi connectivity index (χ1) is 12.9. The van der Waals surface area contributed by atoms with Crippen LogP contribution in [0.2, 0.25) is 0 Å². The van der Waals surface area contributed by atoms with Crippen LogP contribution in [0, 0.1) is 6.92 Å². The summed E-state index contributed by atoms with van der Waals surface area (Å²) in [4.78, 5) is 33.0. The van der Waals surface area contributed by atoms with Gasteiger partial charge in [0.25, 0.3) is 5.56 Å². The number of carbonyl (C=O) groups is 1. The fraction of sp³-hybridized carbons (Fsp3) is 0.316. The van der Waals surface area contributed by atoms with Crippen LogP contribution in [0.25, 0.3) is 11.0 Å². The van der Waals surface area contributed by atoms with Gasteiger partial charge >= 0.3 is 0 Å². The van der Waals surface area contributed by atoms with Gasteiger partial charge in [-0.15, -0.1) is 0 Å². The number of aromatic amines is 1. The van der Waals surface area contributed by atoms with Gasteiger partial charge in [0.05, 0.1) is 11.3 Å². The molecule has 1 amide bonds. The molecule has 2 aromatic heterocycles. The number of hydrogen-bond donors (Lipinski definition) is 2. The van der Waals surface area contributed by atoms with Crippen molar-refractivity contribution < 1.29 is 4.79 Å². The van der Waals surface area contributed by atoms with Crippen LogP contribution in [-0.4, -0.2) is 26.2 Å². The Morgan fingerprint density at radius 1 is 1.41 bits per heavy atom. The highest BCUT2D eigenvalue weighted by molar-refractivity contribution is 9.10. The molecule has 0 bridgehead atoms. The van der Waals surface area contributed by atoms with Gasteiger partial charge in [-0.2, -0.15) is 0 Å². The zero-order valence-electron chi connectivity index (χ0n) is 15.4. The number of aryl methyl sites for hydroxylation is 1. The molecule has 27 heavy (non-hydrogen) atoms. The van der Waals surface area contributed by atoms with Crippen LogP contribution in [0.4, 0.5) is 5.69 Å². The quantitative estimate of drug-likeness (QED) is 0.429. The molecule has 0 fully saturated rings. The van der Waals surface area contributed by atoms with E-state index < -0.39 is 0 Å². The number of hydrogen-bond acceptors (Lipinski definition) is 4. The number of benzene rings is 1. The molecule has 0 saturated carbocycles.